The third kappa shape index (κ3) is 4.50. The molecule has 0 radical (unpaired) electrons. The molecular formula is C20H19ClN4O3. The summed E-state index contributed by atoms with van der Waals surface area (Å²) in [5.74, 6) is 0.592. The number of amides is 1. The van der Waals surface area contributed by atoms with E-state index in [4.69, 9.17) is 16.3 Å². The highest BCUT2D eigenvalue weighted by Crippen LogP contribution is 2.29. The number of carbonyl (C=O) groups is 1. The summed E-state index contributed by atoms with van der Waals surface area (Å²) < 4.78 is 7.01. The highest BCUT2D eigenvalue weighted by molar-refractivity contribution is 6.30. The molecule has 28 heavy (non-hydrogen) atoms. The molecule has 1 amide bonds. The molecule has 2 aromatic carbocycles. The SMILES string of the molecule is CCNC(=O)c1ccc(Nc2c(Oc3cccc(Cl)c3)cnn(C)c2=O)cc1. The van der Waals surface area contributed by atoms with Gasteiger partial charge in [-0.1, -0.05) is 17.7 Å². The number of hydrogen-bond acceptors (Lipinski definition) is 5. The maximum atomic E-state index is 12.6. The quantitative estimate of drug-likeness (QED) is 0.661. The molecule has 0 bridgehead atoms. The minimum atomic E-state index is -0.354. The Labute approximate surface area is 166 Å². The number of halogens is 1. The molecule has 2 N–H and O–H groups in total. The molecule has 0 aliphatic rings. The summed E-state index contributed by atoms with van der Waals surface area (Å²) in [5.41, 5.74) is 1.04. The minimum Gasteiger partial charge on any atom is -0.453 e. The fraction of sp³-hybridized carbons (Fsp3) is 0.150. The van der Waals surface area contributed by atoms with Gasteiger partial charge in [-0.3, -0.25) is 9.59 Å². The third-order valence-electron chi connectivity index (χ3n) is 3.88. The molecule has 1 heterocycles. The van der Waals surface area contributed by atoms with Crippen LogP contribution in [0.15, 0.2) is 59.5 Å². The molecule has 8 heteroatoms. The number of aryl methyl sites for hydroxylation is 1. The molecule has 3 aromatic rings. The average Bonchev–Trinajstić information content (AvgIpc) is 2.68. The first kappa shape index (κ1) is 19.4. The Hall–Kier alpha value is -3.32. The van der Waals surface area contributed by atoms with Crippen molar-refractivity contribution in [2.24, 2.45) is 7.05 Å². The van der Waals surface area contributed by atoms with Gasteiger partial charge in [-0.05, 0) is 49.4 Å². The van der Waals surface area contributed by atoms with Crippen molar-refractivity contribution < 1.29 is 9.53 Å². The summed E-state index contributed by atoms with van der Waals surface area (Å²) in [6.07, 6.45) is 1.45. The zero-order valence-electron chi connectivity index (χ0n) is 15.4. The van der Waals surface area contributed by atoms with Crippen LogP contribution < -0.4 is 20.9 Å². The summed E-state index contributed by atoms with van der Waals surface area (Å²) in [5, 5.41) is 10.3. The molecule has 1 aromatic heterocycles. The van der Waals surface area contributed by atoms with Crippen LogP contribution in [0.1, 0.15) is 17.3 Å². The molecule has 0 atom stereocenters. The lowest BCUT2D eigenvalue weighted by Gasteiger charge is -2.13. The van der Waals surface area contributed by atoms with Crippen LogP contribution in [0.4, 0.5) is 11.4 Å². The van der Waals surface area contributed by atoms with Gasteiger partial charge in [-0.2, -0.15) is 5.10 Å². The predicted octanol–water partition coefficient (Wildman–Crippen LogP) is 3.72. The fourth-order valence-corrected chi connectivity index (χ4v) is 2.67. The second kappa shape index (κ2) is 8.58. The Morgan fingerprint density at radius 3 is 2.64 bits per heavy atom. The van der Waals surface area contributed by atoms with E-state index in [1.165, 1.54) is 10.9 Å². The normalized spacial score (nSPS) is 10.4. The molecule has 3 rings (SSSR count). The zero-order valence-corrected chi connectivity index (χ0v) is 16.2. The molecule has 0 aliphatic carbocycles. The Balaban J connectivity index is 1.89. The van der Waals surface area contributed by atoms with Gasteiger partial charge in [-0.15, -0.1) is 0 Å². The fourth-order valence-electron chi connectivity index (χ4n) is 2.49. The van der Waals surface area contributed by atoms with Gasteiger partial charge in [0, 0.05) is 29.9 Å². The van der Waals surface area contributed by atoms with Crippen LogP contribution >= 0.6 is 11.6 Å². The Morgan fingerprint density at radius 2 is 1.96 bits per heavy atom. The molecule has 144 valence electrons. The van der Waals surface area contributed by atoms with Crippen LogP contribution in [-0.2, 0) is 7.05 Å². The molecule has 0 saturated carbocycles. The molecule has 0 fully saturated rings. The molecule has 0 aliphatic heterocycles. The topological polar surface area (TPSA) is 85.2 Å². The van der Waals surface area contributed by atoms with Gasteiger partial charge in [0.1, 0.15) is 5.75 Å². The van der Waals surface area contributed by atoms with Crippen molar-refractivity contribution in [1.29, 1.82) is 0 Å². The second-order valence-corrected chi connectivity index (χ2v) is 6.37. The van der Waals surface area contributed by atoms with Crippen LogP contribution in [0.3, 0.4) is 0 Å². The summed E-state index contributed by atoms with van der Waals surface area (Å²) in [6, 6.07) is 13.6. The molecule has 0 saturated heterocycles. The van der Waals surface area contributed by atoms with Crippen LogP contribution in [0.2, 0.25) is 5.02 Å². The van der Waals surface area contributed by atoms with Gasteiger partial charge >= 0.3 is 0 Å². The van der Waals surface area contributed by atoms with Crippen molar-refractivity contribution in [3.8, 4) is 11.5 Å². The van der Waals surface area contributed by atoms with Crippen molar-refractivity contribution in [2.75, 3.05) is 11.9 Å². The molecular weight excluding hydrogens is 380 g/mol. The summed E-state index contributed by atoms with van der Waals surface area (Å²) in [7, 11) is 1.55. The van der Waals surface area contributed by atoms with Crippen LogP contribution in [0.25, 0.3) is 0 Å². The van der Waals surface area contributed by atoms with Crippen molar-refractivity contribution in [1.82, 2.24) is 15.1 Å². The van der Waals surface area contributed by atoms with Crippen molar-refractivity contribution in [2.45, 2.75) is 6.92 Å². The molecule has 0 unspecified atom stereocenters. The number of carbonyl (C=O) groups excluding carboxylic acids is 1. The van der Waals surface area contributed by atoms with E-state index < -0.39 is 0 Å². The molecule has 7 nitrogen and oxygen atoms in total. The summed E-state index contributed by atoms with van der Waals surface area (Å²) >= 11 is 5.99. The first-order valence-electron chi connectivity index (χ1n) is 8.63. The Morgan fingerprint density at radius 1 is 1.21 bits per heavy atom. The maximum Gasteiger partial charge on any atom is 0.294 e. The van der Waals surface area contributed by atoms with Crippen LogP contribution in [-0.4, -0.2) is 22.2 Å². The number of rotatable bonds is 6. The van der Waals surface area contributed by atoms with Gasteiger partial charge in [0.2, 0.25) is 0 Å². The highest BCUT2D eigenvalue weighted by Gasteiger charge is 2.13. The van der Waals surface area contributed by atoms with E-state index in [9.17, 15) is 9.59 Å². The van der Waals surface area contributed by atoms with Gasteiger partial charge in [0.05, 0.1) is 6.20 Å². The summed E-state index contributed by atoms with van der Waals surface area (Å²) in [4.78, 5) is 24.5. The lowest BCUT2D eigenvalue weighted by Crippen LogP contribution is -2.23. The largest absolute Gasteiger partial charge is 0.453 e. The standard InChI is InChI=1S/C20H19ClN4O3/c1-3-22-19(26)13-7-9-15(10-8-13)24-18-17(12-23-25(2)20(18)27)28-16-6-4-5-14(21)11-16/h4-12,24H,3H2,1-2H3,(H,22,26). The predicted molar refractivity (Wildman–Crippen MR) is 109 cm³/mol. The number of nitrogens with zero attached hydrogens (tertiary/aromatic N) is 2. The number of benzene rings is 2. The zero-order chi connectivity index (χ0) is 20.1. The smallest absolute Gasteiger partial charge is 0.294 e. The van der Waals surface area contributed by atoms with Crippen molar-refractivity contribution >= 4 is 28.9 Å². The lowest BCUT2D eigenvalue weighted by atomic mass is 10.2. The Kier molecular flexibility index (Phi) is 5.96. The van der Waals surface area contributed by atoms with E-state index in [-0.39, 0.29) is 22.9 Å². The monoisotopic (exact) mass is 398 g/mol. The van der Waals surface area contributed by atoms with E-state index in [1.807, 2.05) is 6.92 Å². The Bertz CT molecular complexity index is 1050. The first-order valence-corrected chi connectivity index (χ1v) is 9.00. The van der Waals surface area contributed by atoms with Gasteiger partial charge in [-0.25, -0.2) is 4.68 Å². The van der Waals surface area contributed by atoms with E-state index in [1.54, 1.807) is 55.6 Å². The van der Waals surface area contributed by atoms with Gasteiger partial charge in [0.15, 0.2) is 11.4 Å². The lowest BCUT2D eigenvalue weighted by molar-refractivity contribution is 0.0956. The second-order valence-electron chi connectivity index (χ2n) is 5.93. The maximum absolute atomic E-state index is 12.6. The average molecular weight is 399 g/mol. The number of nitrogens with one attached hydrogen (secondary N) is 2. The van der Waals surface area contributed by atoms with Crippen molar-refractivity contribution in [3.63, 3.8) is 0 Å². The van der Waals surface area contributed by atoms with Crippen LogP contribution in [0.5, 0.6) is 11.5 Å². The number of aromatic nitrogens is 2. The third-order valence-corrected chi connectivity index (χ3v) is 4.12. The van der Waals surface area contributed by atoms with Gasteiger partial charge < -0.3 is 15.4 Å². The van der Waals surface area contributed by atoms with E-state index in [2.05, 4.69) is 15.7 Å². The minimum absolute atomic E-state index is 0.154. The van der Waals surface area contributed by atoms with E-state index in [0.29, 0.717) is 28.6 Å². The molecule has 0 spiro atoms. The first-order chi connectivity index (χ1) is 13.5. The van der Waals surface area contributed by atoms with E-state index in [0.717, 1.165) is 0 Å². The number of hydrogen-bond donors (Lipinski definition) is 2. The van der Waals surface area contributed by atoms with Crippen LogP contribution in [0, 0.1) is 0 Å². The summed E-state index contributed by atoms with van der Waals surface area (Å²) in [6.45, 7) is 2.41. The van der Waals surface area contributed by atoms with Gasteiger partial charge in [0.25, 0.3) is 11.5 Å². The van der Waals surface area contributed by atoms with E-state index >= 15 is 0 Å². The number of anilines is 2. The van der Waals surface area contributed by atoms with Crippen molar-refractivity contribution in [3.05, 3.63) is 75.7 Å². The number of ether oxygens (including phenoxy) is 1. The highest BCUT2D eigenvalue weighted by atomic mass is 35.5.